The highest BCUT2D eigenvalue weighted by Crippen LogP contribution is 2.25. The summed E-state index contributed by atoms with van der Waals surface area (Å²) in [6.45, 7) is 5.65. The van der Waals surface area contributed by atoms with Crippen molar-refractivity contribution < 1.29 is 4.79 Å². The van der Waals surface area contributed by atoms with Crippen LogP contribution in [-0.2, 0) is 4.79 Å². The Morgan fingerprint density at radius 1 is 1.59 bits per heavy atom. The van der Waals surface area contributed by atoms with Crippen molar-refractivity contribution in [3.63, 3.8) is 0 Å². The van der Waals surface area contributed by atoms with Crippen LogP contribution in [0.4, 0.5) is 0 Å². The summed E-state index contributed by atoms with van der Waals surface area (Å²) >= 11 is 0. The van der Waals surface area contributed by atoms with E-state index in [9.17, 15) is 4.79 Å². The molecule has 1 aromatic rings. The Hall–Kier alpha value is -1.42. The quantitative estimate of drug-likeness (QED) is 0.826. The van der Waals surface area contributed by atoms with Crippen LogP contribution in [0.15, 0.2) is 24.4 Å². The van der Waals surface area contributed by atoms with Gasteiger partial charge in [-0.3, -0.25) is 9.78 Å². The van der Waals surface area contributed by atoms with Crippen LogP contribution in [0, 0.1) is 5.41 Å². The van der Waals surface area contributed by atoms with Gasteiger partial charge in [0, 0.05) is 12.7 Å². The van der Waals surface area contributed by atoms with E-state index in [-0.39, 0.29) is 17.4 Å². The smallest absolute Gasteiger partial charge is 0.227 e. The van der Waals surface area contributed by atoms with E-state index in [1.807, 2.05) is 32.0 Å². The first-order valence-electron chi connectivity index (χ1n) is 6.04. The van der Waals surface area contributed by atoms with E-state index < -0.39 is 0 Å². The van der Waals surface area contributed by atoms with Gasteiger partial charge < -0.3 is 10.6 Å². The fourth-order valence-corrected chi connectivity index (χ4v) is 2.09. The van der Waals surface area contributed by atoms with Crippen molar-refractivity contribution in [3.05, 3.63) is 30.1 Å². The van der Waals surface area contributed by atoms with Gasteiger partial charge in [0.05, 0.1) is 17.2 Å². The van der Waals surface area contributed by atoms with Crippen LogP contribution in [0.25, 0.3) is 0 Å². The third-order valence-corrected chi connectivity index (χ3v) is 3.40. The molecule has 0 radical (unpaired) electrons. The fourth-order valence-electron chi connectivity index (χ4n) is 2.09. The summed E-state index contributed by atoms with van der Waals surface area (Å²) < 4.78 is 0. The molecule has 1 aliphatic rings. The summed E-state index contributed by atoms with van der Waals surface area (Å²) in [6.07, 6.45) is 2.64. The Balaban J connectivity index is 1.99. The molecule has 1 saturated heterocycles. The second-order valence-electron chi connectivity index (χ2n) is 4.94. The molecule has 2 unspecified atom stereocenters. The first kappa shape index (κ1) is 12.0. The number of amides is 1. The van der Waals surface area contributed by atoms with Gasteiger partial charge in [-0.15, -0.1) is 0 Å². The maximum Gasteiger partial charge on any atom is 0.227 e. The highest BCUT2D eigenvalue weighted by Gasteiger charge is 2.36. The second-order valence-corrected chi connectivity index (χ2v) is 4.94. The van der Waals surface area contributed by atoms with Gasteiger partial charge in [-0.2, -0.15) is 0 Å². The maximum atomic E-state index is 12.2. The largest absolute Gasteiger partial charge is 0.347 e. The molecule has 0 bridgehead atoms. The minimum absolute atomic E-state index is 0.0406. The first-order valence-corrected chi connectivity index (χ1v) is 6.04. The minimum atomic E-state index is -0.275. The average molecular weight is 233 g/mol. The van der Waals surface area contributed by atoms with Crippen molar-refractivity contribution in [2.45, 2.75) is 26.3 Å². The number of hydrogen-bond donors (Lipinski definition) is 2. The van der Waals surface area contributed by atoms with Gasteiger partial charge in [0.15, 0.2) is 0 Å². The summed E-state index contributed by atoms with van der Waals surface area (Å²) in [5.74, 6) is 0.112. The van der Waals surface area contributed by atoms with E-state index in [1.54, 1.807) is 6.20 Å². The van der Waals surface area contributed by atoms with E-state index in [1.165, 1.54) is 0 Å². The Morgan fingerprint density at radius 3 is 3.00 bits per heavy atom. The Morgan fingerprint density at radius 2 is 2.41 bits per heavy atom. The third kappa shape index (κ3) is 2.64. The second kappa shape index (κ2) is 4.84. The topological polar surface area (TPSA) is 54.0 Å². The van der Waals surface area contributed by atoms with Crippen LogP contribution in [0.3, 0.4) is 0 Å². The maximum absolute atomic E-state index is 12.2. The van der Waals surface area contributed by atoms with Gasteiger partial charge in [0.1, 0.15) is 0 Å². The molecule has 2 heterocycles. The zero-order valence-corrected chi connectivity index (χ0v) is 10.4. The van der Waals surface area contributed by atoms with Gasteiger partial charge in [-0.05, 0) is 38.9 Å². The van der Waals surface area contributed by atoms with Crippen molar-refractivity contribution in [3.8, 4) is 0 Å². The SMILES string of the molecule is CC(NC(=O)C1(C)CCNC1)c1ccccn1. The summed E-state index contributed by atoms with van der Waals surface area (Å²) in [6, 6.07) is 5.70. The molecule has 0 aliphatic carbocycles. The molecule has 92 valence electrons. The molecule has 1 fully saturated rings. The summed E-state index contributed by atoms with van der Waals surface area (Å²) in [4.78, 5) is 16.4. The number of nitrogens with zero attached hydrogens (tertiary/aromatic N) is 1. The summed E-state index contributed by atoms with van der Waals surface area (Å²) in [5, 5.41) is 6.27. The monoisotopic (exact) mass is 233 g/mol. The van der Waals surface area contributed by atoms with Crippen molar-refractivity contribution in [2.75, 3.05) is 13.1 Å². The van der Waals surface area contributed by atoms with Crippen LogP contribution >= 0.6 is 0 Å². The molecule has 17 heavy (non-hydrogen) atoms. The number of carbonyl (C=O) groups is 1. The van der Waals surface area contributed by atoms with E-state index in [4.69, 9.17) is 0 Å². The number of hydrogen-bond acceptors (Lipinski definition) is 3. The Bertz CT molecular complexity index is 385. The average Bonchev–Trinajstić information content (AvgIpc) is 2.78. The predicted molar refractivity (Wildman–Crippen MR) is 66.4 cm³/mol. The number of aromatic nitrogens is 1. The van der Waals surface area contributed by atoms with Crippen molar-refractivity contribution in [1.29, 1.82) is 0 Å². The predicted octanol–water partition coefficient (Wildman–Crippen LogP) is 1.26. The highest BCUT2D eigenvalue weighted by atomic mass is 16.2. The van der Waals surface area contributed by atoms with Crippen LogP contribution in [0.1, 0.15) is 32.0 Å². The molecule has 0 aromatic carbocycles. The molecule has 4 heteroatoms. The van der Waals surface area contributed by atoms with Crippen LogP contribution in [-0.4, -0.2) is 24.0 Å². The lowest BCUT2D eigenvalue weighted by Crippen LogP contribution is -2.41. The summed E-state index contributed by atoms with van der Waals surface area (Å²) in [5.41, 5.74) is 0.624. The standard InChI is InChI=1S/C13H19N3O/c1-10(11-5-3-4-7-15-11)16-12(17)13(2)6-8-14-9-13/h3-5,7,10,14H,6,8-9H2,1-2H3,(H,16,17). The zero-order chi connectivity index (χ0) is 12.3. The van der Waals surface area contributed by atoms with Gasteiger partial charge in [-0.1, -0.05) is 6.07 Å². The number of carbonyl (C=O) groups excluding carboxylic acids is 1. The molecule has 2 rings (SSSR count). The molecular formula is C13H19N3O. The molecule has 1 aliphatic heterocycles. The molecule has 2 atom stereocenters. The van der Waals surface area contributed by atoms with Crippen LogP contribution in [0.5, 0.6) is 0 Å². The van der Waals surface area contributed by atoms with E-state index in [0.717, 1.165) is 25.2 Å². The fraction of sp³-hybridized carbons (Fsp3) is 0.538. The molecule has 1 amide bonds. The van der Waals surface area contributed by atoms with Gasteiger partial charge >= 0.3 is 0 Å². The lowest BCUT2D eigenvalue weighted by atomic mass is 9.88. The van der Waals surface area contributed by atoms with Gasteiger partial charge in [0.2, 0.25) is 5.91 Å². The normalized spacial score (nSPS) is 25.5. The lowest BCUT2D eigenvalue weighted by molar-refractivity contribution is -0.129. The third-order valence-electron chi connectivity index (χ3n) is 3.40. The first-order chi connectivity index (χ1) is 8.12. The molecular weight excluding hydrogens is 214 g/mol. The van der Waals surface area contributed by atoms with Gasteiger partial charge in [0.25, 0.3) is 0 Å². The van der Waals surface area contributed by atoms with Crippen molar-refractivity contribution in [2.24, 2.45) is 5.41 Å². The molecule has 4 nitrogen and oxygen atoms in total. The molecule has 1 aromatic heterocycles. The van der Waals surface area contributed by atoms with Crippen molar-refractivity contribution in [1.82, 2.24) is 15.6 Å². The number of nitrogens with one attached hydrogen (secondary N) is 2. The molecule has 0 spiro atoms. The van der Waals surface area contributed by atoms with E-state index in [2.05, 4.69) is 15.6 Å². The Labute approximate surface area is 102 Å². The highest BCUT2D eigenvalue weighted by molar-refractivity contribution is 5.83. The number of rotatable bonds is 3. The molecule has 2 N–H and O–H groups in total. The zero-order valence-electron chi connectivity index (χ0n) is 10.4. The summed E-state index contributed by atoms with van der Waals surface area (Å²) in [7, 11) is 0. The number of pyridine rings is 1. The van der Waals surface area contributed by atoms with Crippen LogP contribution < -0.4 is 10.6 Å². The Kier molecular flexibility index (Phi) is 3.43. The lowest BCUT2D eigenvalue weighted by Gasteiger charge is -2.24. The van der Waals surface area contributed by atoms with E-state index >= 15 is 0 Å². The minimum Gasteiger partial charge on any atom is -0.347 e. The van der Waals surface area contributed by atoms with E-state index in [0.29, 0.717) is 0 Å². The van der Waals surface area contributed by atoms with Gasteiger partial charge in [-0.25, -0.2) is 0 Å². The molecule has 0 saturated carbocycles. The van der Waals surface area contributed by atoms with Crippen molar-refractivity contribution >= 4 is 5.91 Å². The van der Waals surface area contributed by atoms with Crippen LogP contribution in [0.2, 0.25) is 0 Å².